The number of hydrogen-bond donors (Lipinski definition) is 1. The normalized spacial score (nSPS) is 18.3. The molecule has 0 radical (unpaired) electrons. The number of nitrogens with two attached hydrogens (primary N) is 1. The number of rotatable bonds is 3. The lowest BCUT2D eigenvalue weighted by Gasteiger charge is -2.26. The molecule has 110 valence electrons. The summed E-state index contributed by atoms with van der Waals surface area (Å²) in [5.74, 6) is 0.00116. The summed E-state index contributed by atoms with van der Waals surface area (Å²) in [7, 11) is 1.47. The van der Waals surface area contributed by atoms with Crippen LogP contribution in [0.4, 0.5) is 5.69 Å². The molecule has 0 aromatic heterocycles. The summed E-state index contributed by atoms with van der Waals surface area (Å²) in [6.45, 7) is 1.99. The Balaban J connectivity index is 2.36. The summed E-state index contributed by atoms with van der Waals surface area (Å²) in [5, 5.41) is 0. The molecule has 20 heavy (non-hydrogen) atoms. The molecule has 0 amide bonds. The van der Waals surface area contributed by atoms with E-state index < -0.39 is 0 Å². The van der Waals surface area contributed by atoms with Crippen molar-refractivity contribution in [2.45, 2.75) is 51.4 Å². The fourth-order valence-corrected chi connectivity index (χ4v) is 3.32. The maximum Gasteiger partial charge on any atom is 0.313 e. The van der Waals surface area contributed by atoms with Gasteiger partial charge in [-0.15, -0.1) is 0 Å². The van der Waals surface area contributed by atoms with Gasteiger partial charge in [-0.3, -0.25) is 4.79 Å². The summed E-state index contributed by atoms with van der Waals surface area (Å²) in [5.41, 5.74) is 8.94. The van der Waals surface area contributed by atoms with Gasteiger partial charge in [-0.2, -0.15) is 0 Å². The van der Waals surface area contributed by atoms with E-state index in [1.54, 1.807) is 0 Å². The van der Waals surface area contributed by atoms with Crippen LogP contribution in [0.5, 0.6) is 0 Å². The summed E-state index contributed by atoms with van der Waals surface area (Å²) in [6, 6.07) is 5.95. The van der Waals surface area contributed by atoms with Crippen LogP contribution in [0.25, 0.3) is 0 Å². The lowest BCUT2D eigenvalue weighted by molar-refractivity contribution is -0.144. The fourth-order valence-electron chi connectivity index (χ4n) is 3.32. The van der Waals surface area contributed by atoms with Crippen LogP contribution in [0.1, 0.15) is 55.6 Å². The second-order valence-corrected chi connectivity index (χ2v) is 5.83. The number of methoxy groups -OCH3 is 1. The highest BCUT2D eigenvalue weighted by atomic mass is 16.5. The molecular formula is C17H25NO2. The van der Waals surface area contributed by atoms with Gasteiger partial charge in [0.15, 0.2) is 0 Å². The Labute approximate surface area is 121 Å². The average Bonchev–Trinajstić information content (AvgIpc) is 2.72. The Hall–Kier alpha value is -1.51. The molecule has 1 aliphatic carbocycles. The van der Waals surface area contributed by atoms with Crippen molar-refractivity contribution >= 4 is 11.7 Å². The van der Waals surface area contributed by atoms with E-state index in [1.807, 2.05) is 25.1 Å². The third-order valence-electron chi connectivity index (χ3n) is 4.52. The lowest BCUT2D eigenvalue weighted by atomic mass is 9.80. The van der Waals surface area contributed by atoms with Gasteiger partial charge < -0.3 is 10.5 Å². The van der Waals surface area contributed by atoms with Crippen LogP contribution in [-0.2, 0) is 9.53 Å². The van der Waals surface area contributed by atoms with Crippen molar-refractivity contribution in [3.8, 4) is 0 Å². The van der Waals surface area contributed by atoms with Gasteiger partial charge in [-0.25, -0.2) is 0 Å². The van der Waals surface area contributed by atoms with E-state index in [4.69, 9.17) is 10.5 Å². The second-order valence-electron chi connectivity index (χ2n) is 5.83. The zero-order valence-electron chi connectivity index (χ0n) is 12.5. The number of hydrogen-bond acceptors (Lipinski definition) is 3. The van der Waals surface area contributed by atoms with Crippen LogP contribution in [0, 0.1) is 12.8 Å². The zero-order valence-corrected chi connectivity index (χ0v) is 12.5. The summed E-state index contributed by atoms with van der Waals surface area (Å²) in [4.78, 5) is 12.3. The van der Waals surface area contributed by atoms with Gasteiger partial charge >= 0.3 is 5.97 Å². The van der Waals surface area contributed by atoms with Crippen molar-refractivity contribution in [1.82, 2.24) is 0 Å². The quantitative estimate of drug-likeness (QED) is 0.518. The summed E-state index contributed by atoms with van der Waals surface area (Å²) < 4.78 is 5.06. The Morgan fingerprint density at radius 1 is 1.25 bits per heavy atom. The van der Waals surface area contributed by atoms with Gasteiger partial charge in [0.2, 0.25) is 0 Å². The molecule has 1 aliphatic rings. The van der Waals surface area contributed by atoms with E-state index in [2.05, 4.69) is 0 Å². The van der Waals surface area contributed by atoms with Gasteiger partial charge in [-0.1, -0.05) is 43.9 Å². The number of benzene rings is 1. The molecule has 2 rings (SSSR count). The van der Waals surface area contributed by atoms with E-state index in [-0.39, 0.29) is 11.9 Å². The Morgan fingerprint density at radius 2 is 1.90 bits per heavy atom. The van der Waals surface area contributed by atoms with Gasteiger partial charge in [-0.05, 0) is 36.8 Å². The largest absolute Gasteiger partial charge is 0.469 e. The molecule has 1 fully saturated rings. The number of anilines is 1. The molecule has 0 aliphatic heterocycles. The van der Waals surface area contributed by atoms with Crippen molar-refractivity contribution in [2.24, 2.45) is 5.92 Å². The Kier molecular flexibility index (Phi) is 5.05. The van der Waals surface area contributed by atoms with Crippen LogP contribution in [-0.4, -0.2) is 13.1 Å². The third kappa shape index (κ3) is 3.14. The molecule has 1 saturated carbocycles. The topological polar surface area (TPSA) is 52.3 Å². The molecule has 0 spiro atoms. The van der Waals surface area contributed by atoms with Gasteiger partial charge in [0, 0.05) is 5.69 Å². The van der Waals surface area contributed by atoms with E-state index >= 15 is 0 Å². The molecule has 0 bridgehead atoms. The predicted molar refractivity (Wildman–Crippen MR) is 81.5 cm³/mol. The second kappa shape index (κ2) is 6.78. The molecule has 1 unspecified atom stereocenters. The van der Waals surface area contributed by atoms with Crippen molar-refractivity contribution in [3.63, 3.8) is 0 Å². The minimum absolute atomic E-state index is 0.144. The number of ether oxygens (including phenoxy) is 1. The van der Waals surface area contributed by atoms with Gasteiger partial charge in [0.1, 0.15) is 0 Å². The van der Waals surface area contributed by atoms with Crippen LogP contribution in [0.2, 0.25) is 0 Å². The Morgan fingerprint density at radius 3 is 2.50 bits per heavy atom. The number of carbonyl (C=O) groups is 1. The summed E-state index contributed by atoms with van der Waals surface area (Å²) in [6.07, 6.45) is 7.12. The van der Waals surface area contributed by atoms with E-state index in [1.165, 1.54) is 32.8 Å². The first-order valence-corrected chi connectivity index (χ1v) is 7.58. The summed E-state index contributed by atoms with van der Waals surface area (Å²) >= 11 is 0. The van der Waals surface area contributed by atoms with Gasteiger partial charge in [0.05, 0.1) is 13.0 Å². The predicted octanol–water partition coefficient (Wildman–Crippen LogP) is 3.80. The SMILES string of the molecule is COC(=O)C(c1cccc(C)c1N)C1CCCCCC1. The standard InChI is InChI=1S/C17H25NO2/c1-12-8-7-11-14(16(12)18)15(17(19)20-2)13-9-5-3-4-6-10-13/h7-8,11,13,15H,3-6,9-10,18H2,1-2H3. The molecular weight excluding hydrogens is 250 g/mol. The molecule has 3 heteroatoms. The maximum atomic E-state index is 12.3. The van der Waals surface area contributed by atoms with E-state index in [0.29, 0.717) is 5.92 Å². The molecule has 0 saturated heterocycles. The third-order valence-corrected chi connectivity index (χ3v) is 4.52. The van der Waals surface area contributed by atoms with Crippen LogP contribution >= 0.6 is 0 Å². The fraction of sp³-hybridized carbons (Fsp3) is 0.588. The minimum atomic E-state index is -0.210. The minimum Gasteiger partial charge on any atom is -0.469 e. The van der Waals surface area contributed by atoms with Crippen molar-refractivity contribution in [3.05, 3.63) is 29.3 Å². The first-order valence-electron chi connectivity index (χ1n) is 7.58. The number of esters is 1. The smallest absolute Gasteiger partial charge is 0.313 e. The lowest BCUT2D eigenvalue weighted by Crippen LogP contribution is -2.24. The van der Waals surface area contributed by atoms with E-state index in [9.17, 15) is 4.79 Å². The number of carbonyl (C=O) groups excluding carboxylic acids is 1. The highest BCUT2D eigenvalue weighted by molar-refractivity contribution is 5.81. The first kappa shape index (κ1) is 14.9. The number of aryl methyl sites for hydroxylation is 1. The van der Waals surface area contributed by atoms with Crippen LogP contribution in [0.3, 0.4) is 0 Å². The molecule has 2 N–H and O–H groups in total. The highest BCUT2D eigenvalue weighted by Gasteiger charge is 2.32. The van der Waals surface area contributed by atoms with Crippen molar-refractivity contribution in [2.75, 3.05) is 12.8 Å². The molecule has 0 heterocycles. The van der Waals surface area contributed by atoms with Crippen LogP contribution < -0.4 is 5.73 Å². The Bertz CT molecular complexity index is 462. The molecule has 1 atom stereocenters. The number of para-hydroxylation sites is 1. The van der Waals surface area contributed by atoms with E-state index in [0.717, 1.165) is 29.7 Å². The molecule has 1 aromatic rings. The van der Waals surface area contributed by atoms with Crippen molar-refractivity contribution in [1.29, 1.82) is 0 Å². The van der Waals surface area contributed by atoms with Crippen LogP contribution in [0.15, 0.2) is 18.2 Å². The molecule has 1 aromatic carbocycles. The van der Waals surface area contributed by atoms with Crippen molar-refractivity contribution < 1.29 is 9.53 Å². The first-order chi connectivity index (χ1) is 9.65. The monoisotopic (exact) mass is 275 g/mol. The average molecular weight is 275 g/mol. The molecule has 3 nitrogen and oxygen atoms in total. The zero-order chi connectivity index (χ0) is 14.5. The number of nitrogen functional groups attached to an aromatic ring is 1. The van der Waals surface area contributed by atoms with Gasteiger partial charge in [0.25, 0.3) is 0 Å². The maximum absolute atomic E-state index is 12.3. The highest BCUT2D eigenvalue weighted by Crippen LogP contribution is 2.38.